The fourth-order valence-electron chi connectivity index (χ4n) is 2.62. The van der Waals surface area contributed by atoms with Gasteiger partial charge in [0.15, 0.2) is 6.10 Å². The molecule has 0 aliphatic carbocycles. The monoisotopic (exact) mass is 429 g/mol. The van der Waals surface area contributed by atoms with Crippen molar-refractivity contribution in [3.8, 4) is 11.5 Å². The molecule has 4 nitrogen and oxygen atoms in total. The van der Waals surface area contributed by atoms with E-state index in [1.807, 2.05) is 30.3 Å². The molecule has 0 radical (unpaired) electrons. The van der Waals surface area contributed by atoms with Crippen LogP contribution in [0.3, 0.4) is 0 Å². The molecule has 1 atom stereocenters. The molecule has 150 valence electrons. The molecular weight excluding hydrogens is 409 g/mol. The summed E-state index contributed by atoms with van der Waals surface area (Å²) >= 11 is 12.0. The number of nitrogens with one attached hydrogen (secondary N) is 1. The average Bonchev–Trinajstić information content (AvgIpc) is 2.72. The van der Waals surface area contributed by atoms with Crippen molar-refractivity contribution in [2.45, 2.75) is 19.4 Å². The van der Waals surface area contributed by atoms with Gasteiger partial charge in [-0.25, -0.2) is 0 Å². The average molecular weight is 430 g/mol. The zero-order valence-electron chi connectivity index (χ0n) is 15.9. The van der Waals surface area contributed by atoms with Crippen molar-refractivity contribution in [1.82, 2.24) is 0 Å². The minimum atomic E-state index is -0.726. The highest BCUT2D eigenvalue weighted by Crippen LogP contribution is 2.28. The summed E-state index contributed by atoms with van der Waals surface area (Å²) in [4.78, 5) is 12.4. The number of carbonyl (C=O) groups is 1. The second kappa shape index (κ2) is 10.2. The Hall–Kier alpha value is -2.69. The second-order valence-corrected chi connectivity index (χ2v) is 7.28. The Bertz CT molecular complexity index is 946. The predicted octanol–water partition coefficient (Wildman–Crippen LogP) is 6.02. The van der Waals surface area contributed by atoms with Crippen LogP contribution < -0.4 is 14.8 Å². The maximum absolute atomic E-state index is 12.4. The van der Waals surface area contributed by atoms with E-state index in [9.17, 15) is 4.79 Å². The fraction of sp³-hybridized carbons (Fsp3) is 0.174. The summed E-state index contributed by atoms with van der Waals surface area (Å²) in [5, 5.41) is 3.67. The van der Waals surface area contributed by atoms with E-state index < -0.39 is 6.10 Å². The molecule has 3 rings (SSSR count). The molecule has 29 heavy (non-hydrogen) atoms. The highest BCUT2D eigenvalue weighted by Gasteiger charge is 2.16. The quantitative estimate of drug-likeness (QED) is 0.475. The highest BCUT2D eigenvalue weighted by molar-refractivity contribution is 6.35. The summed E-state index contributed by atoms with van der Waals surface area (Å²) in [6.07, 6.45) is 0.108. The number of amides is 1. The molecule has 0 spiro atoms. The molecule has 6 heteroatoms. The van der Waals surface area contributed by atoms with E-state index in [0.717, 1.165) is 12.2 Å². The van der Waals surface area contributed by atoms with Gasteiger partial charge in [0.1, 0.15) is 11.5 Å². The van der Waals surface area contributed by atoms with Crippen LogP contribution in [0.15, 0.2) is 72.8 Å². The molecule has 3 aromatic carbocycles. The molecule has 0 fully saturated rings. The van der Waals surface area contributed by atoms with Crippen LogP contribution in [0, 0.1) is 0 Å². The van der Waals surface area contributed by atoms with Gasteiger partial charge in [0.25, 0.3) is 5.91 Å². The van der Waals surface area contributed by atoms with E-state index >= 15 is 0 Å². The van der Waals surface area contributed by atoms with Gasteiger partial charge in [-0.05, 0) is 55.0 Å². The SMILES string of the molecule is CC(Oc1ccc(Cl)cc1Cl)C(=O)Nc1ccc(OCCc2ccccc2)cc1. The smallest absolute Gasteiger partial charge is 0.265 e. The van der Waals surface area contributed by atoms with Gasteiger partial charge in [0.05, 0.1) is 11.6 Å². The van der Waals surface area contributed by atoms with E-state index in [1.165, 1.54) is 5.56 Å². The molecule has 1 N–H and O–H groups in total. The molecular formula is C23H21Cl2NO3. The summed E-state index contributed by atoms with van der Waals surface area (Å²) < 4.78 is 11.4. The van der Waals surface area contributed by atoms with Crippen molar-refractivity contribution >= 4 is 34.8 Å². The lowest BCUT2D eigenvalue weighted by Crippen LogP contribution is -2.30. The number of hydrogen-bond acceptors (Lipinski definition) is 3. The van der Waals surface area contributed by atoms with E-state index in [2.05, 4.69) is 17.4 Å². The first-order chi connectivity index (χ1) is 14.0. The van der Waals surface area contributed by atoms with Gasteiger partial charge in [0, 0.05) is 17.1 Å². The maximum atomic E-state index is 12.4. The minimum absolute atomic E-state index is 0.284. The van der Waals surface area contributed by atoms with E-state index in [4.69, 9.17) is 32.7 Å². The normalized spacial score (nSPS) is 11.6. The Balaban J connectivity index is 1.48. The van der Waals surface area contributed by atoms with Gasteiger partial charge >= 0.3 is 0 Å². The summed E-state index contributed by atoms with van der Waals surface area (Å²) in [5.41, 5.74) is 1.88. The summed E-state index contributed by atoms with van der Waals surface area (Å²) in [6.45, 7) is 2.24. The van der Waals surface area contributed by atoms with Crippen LogP contribution in [0.4, 0.5) is 5.69 Å². The molecule has 3 aromatic rings. The number of benzene rings is 3. The number of halogens is 2. The lowest BCUT2D eigenvalue weighted by atomic mass is 10.2. The van der Waals surface area contributed by atoms with Gasteiger partial charge in [-0.3, -0.25) is 4.79 Å². The van der Waals surface area contributed by atoms with Gasteiger partial charge in [-0.2, -0.15) is 0 Å². The largest absolute Gasteiger partial charge is 0.493 e. The topological polar surface area (TPSA) is 47.6 Å². The summed E-state index contributed by atoms with van der Waals surface area (Å²) in [7, 11) is 0. The first kappa shape index (κ1) is 21.0. The lowest BCUT2D eigenvalue weighted by molar-refractivity contribution is -0.122. The Labute approximate surface area is 180 Å². The van der Waals surface area contributed by atoms with Crippen LogP contribution in [0.5, 0.6) is 11.5 Å². The van der Waals surface area contributed by atoms with Gasteiger partial charge in [-0.15, -0.1) is 0 Å². The highest BCUT2D eigenvalue weighted by atomic mass is 35.5. The van der Waals surface area contributed by atoms with Crippen molar-refractivity contribution in [2.24, 2.45) is 0 Å². The van der Waals surface area contributed by atoms with Gasteiger partial charge in [0.2, 0.25) is 0 Å². The van der Waals surface area contributed by atoms with Crippen LogP contribution in [-0.4, -0.2) is 18.6 Å². The molecule has 1 amide bonds. The molecule has 0 heterocycles. The molecule has 0 bridgehead atoms. The van der Waals surface area contributed by atoms with E-state index in [-0.39, 0.29) is 5.91 Å². The minimum Gasteiger partial charge on any atom is -0.493 e. The first-order valence-corrected chi connectivity index (χ1v) is 9.96. The number of hydrogen-bond donors (Lipinski definition) is 1. The van der Waals surface area contributed by atoms with Crippen molar-refractivity contribution < 1.29 is 14.3 Å². The fourth-order valence-corrected chi connectivity index (χ4v) is 3.08. The Kier molecular flexibility index (Phi) is 7.39. The Morgan fingerprint density at radius 1 is 1.00 bits per heavy atom. The predicted molar refractivity (Wildman–Crippen MR) is 117 cm³/mol. The van der Waals surface area contributed by atoms with Crippen LogP contribution in [0.25, 0.3) is 0 Å². The molecule has 0 aliphatic rings. The van der Waals surface area contributed by atoms with Crippen LogP contribution in [0.1, 0.15) is 12.5 Å². The van der Waals surface area contributed by atoms with Gasteiger partial charge in [-0.1, -0.05) is 53.5 Å². The first-order valence-electron chi connectivity index (χ1n) is 9.20. The summed E-state index contributed by atoms with van der Waals surface area (Å²) in [5.74, 6) is 0.866. The van der Waals surface area contributed by atoms with Crippen LogP contribution >= 0.6 is 23.2 Å². The molecule has 0 aromatic heterocycles. The maximum Gasteiger partial charge on any atom is 0.265 e. The molecule has 0 aliphatic heterocycles. The van der Waals surface area contributed by atoms with Crippen LogP contribution in [0.2, 0.25) is 10.0 Å². The molecule has 1 unspecified atom stereocenters. The van der Waals surface area contributed by atoms with Crippen LogP contribution in [-0.2, 0) is 11.2 Å². The molecule has 0 saturated carbocycles. The van der Waals surface area contributed by atoms with E-state index in [0.29, 0.717) is 28.1 Å². The van der Waals surface area contributed by atoms with E-state index in [1.54, 1.807) is 37.3 Å². The number of ether oxygens (including phenoxy) is 2. The van der Waals surface area contributed by atoms with Crippen molar-refractivity contribution in [3.05, 3.63) is 88.4 Å². The zero-order chi connectivity index (χ0) is 20.6. The van der Waals surface area contributed by atoms with Crippen molar-refractivity contribution in [3.63, 3.8) is 0 Å². The van der Waals surface area contributed by atoms with Crippen molar-refractivity contribution in [2.75, 3.05) is 11.9 Å². The number of anilines is 1. The zero-order valence-corrected chi connectivity index (χ0v) is 17.4. The Morgan fingerprint density at radius 2 is 1.72 bits per heavy atom. The second-order valence-electron chi connectivity index (χ2n) is 6.43. The standard InChI is InChI=1S/C23H21Cl2NO3/c1-16(29-22-12-7-18(24)15-21(22)25)23(27)26-19-8-10-20(11-9-19)28-14-13-17-5-3-2-4-6-17/h2-12,15-16H,13-14H2,1H3,(H,26,27). The number of carbonyl (C=O) groups excluding carboxylic acids is 1. The molecule has 0 saturated heterocycles. The third-order valence-corrected chi connectivity index (χ3v) is 4.72. The Morgan fingerprint density at radius 3 is 2.41 bits per heavy atom. The van der Waals surface area contributed by atoms with Crippen molar-refractivity contribution in [1.29, 1.82) is 0 Å². The summed E-state index contributed by atoms with van der Waals surface area (Å²) in [6, 6.07) is 22.2. The lowest BCUT2D eigenvalue weighted by Gasteiger charge is -2.16. The van der Waals surface area contributed by atoms with Gasteiger partial charge < -0.3 is 14.8 Å². The number of rotatable bonds is 8. The third kappa shape index (κ3) is 6.41. The third-order valence-electron chi connectivity index (χ3n) is 4.19.